The first-order chi connectivity index (χ1) is 13.2. The minimum Gasteiger partial charge on any atom is -0.318 e. The second-order valence-corrected chi connectivity index (χ2v) is 7.33. The number of thioether (sulfide) groups is 1. The Kier molecular flexibility index (Phi) is 5.60. The summed E-state index contributed by atoms with van der Waals surface area (Å²) in [5.74, 6) is -0.225. The molecule has 0 spiro atoms. The summed E-state index contributed by atoms with van der Waals surface area (Å²) >= 11 is 0.894. The van der Waals surface area contributed by atoms with Crippen molar-refractivity contribution in [1.82, 2.24) is 14.5 Å². The van der Waals surface area contributed by atoms with Crippen molar-refractivity contribution in [3.63, 3.8) is 0 Å². The number of ketones is 1. The maximum Gasteiger partial charge on any atom is 0.433 e. The first kappa shape index (κ1) is 20.1. The lowest BCUT2D eigenvalue weighted by Gasteiger charge is -2.10. The van der Waals surface area contributed by atoms with Crippen molar-refractivity contribution in [2.75, 3.05) is 5.75 Å². The minimum atomic E-state index is -4.54. The molecule has 1 aromatic carbocycles. The van der Waals surface area contributed by atoms with Gasteiger partial charge in [0.15, 0.2) is 10.9 Å². The van der Waals surface area contributed by atoms with Gasteiger partial charge in [0.2, 0.25) is 0 Å². The molecule has 8 heteroatoms. The van der Waals surface area contributed by atoms with Crippen molar-refractivity contribution >= 4 is 17.5 Å². The predicted molar refractivity (Wildman–Crippen MR) is 102 cm³/mol. The number of carbonyl (C=O) groups is 1. The average Bonchev–Trinajstić information content (AvgIpc) is 2.94. The van der Waals surface area contributed by atoms with Gasteiger partial charge in [0.1, 0.15) is 5.69 Å². The van der Waals surface area contributed by atoms with Crippen molar-refractivity contribution in [3.05, 3.63) is 70.8 Å². The van der Waals surface area contributed by atoms with Gasteiger partial charge >= 0.3 is 6.18 Å². The SMILES string of the molecule is Cc1ccc(-n2c(C)cc(C(=O)CSc3nccc(C(F)(F)F)n3)c2C)cc1. The number of alkyl halides is 3. The fourth-order valence-corrected chi connectivity index (χ4v) is 3.63. The number of benzene rings is 1. The van der Waals surface area contributed by atoms with E-state index in [9.17, 15) is 18.0 Å². The standard InChI is InChI=1S/C20H18F3N3OS/c1-12-4-6-15(7-5-12)26-13(2)10-16(14(26)3)17(27)11-28-19-24-9-8-18(25-19)20(21,22)23/h4-10H,11H2,1-3H3. The summed E-state index contributed by atoms with van der Waals surface area (Å²) in [4.78, 5) is 20.0. The van der Waals surface area contributed by atoms with Crippen LogP contribution in [-0.2, 0) is 6.18 Å². The van der Waals surface area contributed by atoms with Gasteiger partial charge in [0.25, 0.3) is 0 Å². The van der Waals surface area contributed by atoms with E-state index in [-0.39, 0.29) is 16.7 Å². The van der Waals surface area contributed by atoms with Gasteiger partial charge in [-0.15, -0.1) is 0 Å². The molecule has 3 rings (SSSR count). The molecular weight excluding hydrogens is 387 g/mol. The molecule has 3 aromatic rings. The molecule has 0 unspecified atom stereocenters. The van der Waals surface area contributed by atoms with Crippen LogP contribution >= 0.6 is 11.8 Å². The van der Waals surface area contributed by atoms with Crippen molar-refractivity contribution in [2.45, 2.75) is 32.1 Å². The third-order valence-electron chi connectivity index (χ3n) is 4.28. The maximum absolute atomic E-state index is 12.7. The first-order valence-corrected chi connectivity index (χ1v) is 9.47. The number of hydrogen-bond acceptors (Lipinski definition) is 4. The highest BCUT2D eigenvalue weighted by molar-refractivity contribution is 7.99. The number of Topliss-reactive ketones (excluding diaryl/α,β-unsaturated/α-hetero) is 1. The Morgan fingerprint density at radius 2 is 1.79 bits per heavy atom. The molecule has 0 fully saturated rings. The summed E-state index contributed by atoms with van der Waals surface area (Å²) in [7, 11) is 0. The van der Waals surface area contributed by atoms with E-state index >= 15 is 0 Å². The van der Waals surface area contributed by atoms with Crippen LogP contribution in [0.5, 0.6) is 0 Å². The van der Waals surface area contributed by atoms with E-state index in [0.29, 0.717) is 5.56 Å². The Labute approximate surface area is 164 Å². The van der Waals surface area contributed by atoms with Gasteiger partial charge in [0, 0.05) is 28.8 Å². The molecule has 4 nitrogen and oxygen atoms in total. The van der Waals surface area contributed by atoms with Crippen LogP contribution in [0.3, 0.4) is 0 Å². The maximum atomic E-state index is 12.7. The molecular formula is C20H18F3N3OS. The zero-order chi connectivity index (χ0) is 20.5. The van der Waals surface area contributed by atoms with Crippen LogP contribution in [0.25, 0.3) is 5.69 Å². The number of hydrogen-bond donors (Lipinski definition) is 0. The van der Waals surface area contributed by atoms with Gasteiger partial charge in [-0.25, -0.2) is 9.97 Å². The normalized spacial score (nSPS) is 11.6. The summed E-state index contributed by atoms with van der Waals surface area (Å²) in [5.41, 5.74) is 3.31. The Morgan fingerprint density at radius 3 is 2.43 bits per heavy atom. The number of aryl methyl sites for hydroxylation is 2. The molecule has 0 amide bonds. The van der Waals surface area contributed by atoms with E-state index in [0.717, 1.165) is 46.7 Å². The van der Waals surface area contributed by atoms with Crippen molar-refractivity contribution in [1.29, 1.82) is 0 Å². The van der Waals surface area contributed by atoms with Gasteiger partial charge < -0.3 is 4.57 Å². The van der Waals surface area contributed by atoms with Crippen LogP contribution in [0.1, 0.15) is 33.0 Å². The summed E-state index contributed by atoms with van der Waals surface area (Å²) in [6, 6.07) is 10.6. The third-order valence-corrected chi connectivity index (χ3v) is 5.14. The largest absolute Gasteiger partial charge is 0.433 e. The first-order valence-electron chi connectivity index (χ1n) is 8.49. The van der Waals surface area contributed by atoms with Crippen LogP contribution in [-0.4, -0.2) is 26.1 Å². The molecule has 0 aliphatic heterocycles. The van der Waals surface area contributed by atoms with E-state index < -0.39 is 11.9 Å². The van der Waals surface area contributed by atoms with Crippen LogP contribution in [0.2, 0.25) is 0 Å². The van der Waals surface area contributed by atoms with Crippen LogP contribution in [0.15, 0.2) is 47.8 Å². The Balaban J connectivity index is 1.79. The van der Waals surface area contributed by atoms with Gasteiger partial charge in [-0.2, -0.15) is 13.2 Å². The highest BCUT2D eigenvalue weighted by atomic mass is 32.2. The second kappa shape index (κ2) is 7.79. The number of halogens is 3. The summed E-state index contributed by atoms with van der Waals surface area (Å²) in [6.45, 7) is 5.76. The molecule has 0 saturated heterocycles. The minimum absolute atomic E-state index is 0.0422. The Bertz CT molecular complexity index is 1010. The molecule has 0 radical (unpaired) electrons. The molecule has 2 heterocycles. The summed E-state index contributed by atoms with van der Waals surface area (Å²) in [6.07, 6.45) is -3.49. The Hall–Kier alpha value is -2.61. The zero-order valence-corrected chi connectivity index (χ0v) is 16.4. The fourth-order valence-electron chi connectivity index (χ4n) is 2.91. The molecule has 0 aliphatic carbocycles. The van der Waals surface area contributed by atoms with Crippen molar-refractivity contribution in [3.8, 4) is 5.69 Å². The van der Waals surface area contributed by atoms with Gasteiger partial charge in [0.05, 0.1) is 5.75 Å². The van der Waals surface area contributed by atoms with E-state index in [4.69, 9.17) is 0 Å². The van der Waals surface area contributed by atoms with Gasteiger partial charge in [-0.1, -0.05) is 29.5 Å². The van der Waals surface area contributed by atoms with Gasteiger partial charge in [-0.05, 0) is 45.0 Å². The van der Waals surface area contributed by atoms with E-state index in [1.807, 2.05) is 49.6 Å². The van der Waals surface area contributed by atoms with Crippen molar-refractivity contribution in [2.24, 2.45) is 0 Å². The monoisotopic (exact) mass is 405 g/mol. The highest BCUT2D eigenvalue weighted by Crippen LogP contribution is 2.29. The molecule has 0 N–H and O–H groups in total. The topological polar surface area (TPSA) is 47.8 Å². The fraction of sp³-hybridized carbons (Fsp3) is 0.250. The summed E-state index contributed by atoms with van der Waals surface area (Å²) < 4.78 is 40.2. The molecule has 0 saturated carbocycles. The molecule has 0 aliphatic rings. The number of carbonyl (C=O) groups excluding carboxylic acids is 1. The van der Waals surface area contributed by atoms with Crippen LogP contribution < -0.4 is 0 Å². The highest BCUT2D eigenvalue weighted by Gasteiger charge is 2.32. The number of nitrogens with zero attached hydrogens (tertiary/aromatic N) is 3. The summed E-state index contributed by atoms with van der Waals surface area (Å²) in [5, 5.41) is -0.0736. The molecule has 28 heavy (non-hydrogen) atoms. The average molecular weight is 405 g/mol. The van der Waals surface area contributed by atoms with Crippen molar-refractivity contribution < 1.29 is 18.0 Å². The quantitative estimate of drug-likeness (QED) is 0.333. The lowest BCUT2D eigenvalue weighted by Crippen LogP contribution is -2.10. The molecule has 0 atom stereocenters. The van der Waals surface area contributed by atoms with E-state index in [1.165, 1.54) is 0 Å². The Morgan fingerprint density at radius 1 is 1.11 bits per heavy atom. The lowest BCUT2D eigenvalue weighted by molar-refractivity contribution is -0.141. The second-order valence-electron chi connectivity index (χ2n) is 6.39. The zero-order valence-electron chi connectivity index (χ0n) is 15.5. The van der Waals surface area contributed by atoms with E-state index in [2.05, 4.69) is 9.97 Å². The molecule has 2 aromatic heterocycles. The smallest absolute Gasteiger partial charge is 0.318 e. The van der Waals surface area contributed by atoms with Crippen LogP contribution in [0.4, 0.5) is 13.2 Å². The number of rotatable bonds is 5. The third kappa shape index (κ3) is 4.27. The molecule has 146 valence electrons. The van der Waals surface area contributed by atoms with Gasteiger partial charge in [-0.3, -0.25) is 4.79 Å². The number of aromatic nitrogens is 3. The van der Waals surface area contributed by atoms with Crippen LogP contribution in [0, 0.1) is 20.8 Å². The predicted octanol–water partition coefficient (Wildman–Crippen LogP) is 5.19. The lowest BCUT2D eigenvalue weighted by atomic mass is 10.2. The van der Waals surface area contributed by atoms with E-state index in [1.54, 1.807) is 6.07 Å². The molecule has 0 bridgehead atoms.